The molecule has 1 unspecified atom stereocenters. The Labute approximate surface area is 283 Å². The maximum absolute atomic E-state index is 12.9. The molecular weight excluding hydrogens is 698 g/mol. The van der Waals surface area contributed by atoms with Gasteiger partial charge in [-0.15, -0.1) is 0 Å². The number of H-pyrrole nitrogens is 2. The number of halogens is 6. The number of alkyl halides is 6. The smallest absolute Gasteiger partial charge is 0.490 e. The van der Waals surface area contributed by atoms with Crippen molar-refractivity contribution in [2.24, 2.45) is 0 Å². The van der Waals surface area contributed by atoms with Crippen LogP contribution in [0, 0.1) is 0 Å². The zero-order valence-electron chi connectivity index (χ0n) is 26.3. The van der Waals surface area contributed by atoms with Gasteiger partial charge in [0.2, 0.25) is 0 Å². The van der Waals surface area contributed by atoms with Crippen LogP contribution in [0.5, 0.6) is 5.75 Å². The third-order valence-corrected chi connectivity index (χ3v) is 7.47. The third-order valence-electron chi connectivity index (χ3n) is 7.47. The molecule has 4 heterocycles. The van der Waals surface area contributed by atoms with Crippen LogP contribution in [0.15, 0.2) is 53.6 Å². The molecule has 0 bridgehead atoms. The fraction of sp³-hybridized carbons (Fsp3) is 0.355. The molecule has 2 aliphatic rings. The molecule has 20 heteroatoms. The van der Waals surface area contributed by atoms with Crippen molar-refractivity contribution in [2.75, 3.05) is 46.0 Å². The number of hydrogen-bond acceptors (Lipinski definition) is 9. The van der Waals surface area contributed by atoms with Crippen molar-refractivity contribution in [2.45, 2.75) is 24.7 Å². The molecule has 1 fully saturated rings. The lowest BCUT2D eigenvalue weighted by molar-refractivity contribution is -0.193. The average molecular weight is 729 g/mol. The van der Waals surface area contributed by atoms with Gasteiger partial charge in [0.15, 0.2) is 0 Å². The maximum Gasteiger partial charge on any atom is 0.490 e. The van der Waals surface area contributed by atoms with Gasteiger partial charge in [0.1, 0.15) is 11.6 Å². The molecule has 14 nitrogen and oxygen atoms in total. The van der Waals surface area contributed by atoms with Crippen LogP contribution >= 0.6 is 0 Å². The van der Waals surface area contributed by atoms with E-state index in [0.29, 0.717) is 41.9 Å². The summed E-state index contributed by atoms with van der Waals surface area (Å²) in [7, 11) is 0. The molecule has 2 aromatic heterocycles. The van der Waals surface area contributed by atoms with Crippen molar-refractivity contribution >= 4 is 28.7 Å². The largest absolute Gasteiger partial charge is 0.493 e. The summed E-state index contributed by atoms with van der Waals surface area (Å²) < 4.78 is 74.8. The second-order valence-electron chi connectivity index (χ2n) is 11.0. The number of carbonyl (C=O) groups is 3. The molecular formula is C31H30F6N6O8. The highest BCUT2D eigenvalue weighted by atomic mass is 19.4. The van der Waals surface area contributed by atoms with Crippen molar-refractivity contribution in [3.05, 3.63) is 76.1 Å². The van der Waals surface area contributed by atoms with E-state index in [0.717, 1.165) is 55.3 Å². The number of carboxylic acids is 2. The summed E-state index contributed by atoms with van der Waals surface area (Å²) in [6.07, 6.45) is -6.05. The molecule has 274 valence electrons. The summed E-state index contributed by atoms with van der Waals surface area (Å²) in [6.45, 7) is 5.05. The minimum Gasteiger partial charge on any atom is -0.493 e. The van der Waals surface area contributed by atoms with Gasteiger partial charge in [0.05, 0.1) is 42.8 Å². The first kappa shape index (κ1) is 38.3. The van der Waals surface area contributed by atoms with Crippen molar-refractivity contribution < 1.29 is 60.4 Å². The monoisotopic (exact) mass is 728 g/mol. The van der Waals surface area contributed by atoms with Crippen LogP contribution in [0.3, 0.4) is 0 Å². The quantitative estimate of drug-likeness (QED) is 0.183. The second kappa shape index (κ2) is 16.5. The van der Waals surface area contributed by atoms with Crippen LogP contribution in [0.25, 0.3) is 22.0 Å². The molecule has 1 saturated heterocycles. The number of fused-ring (bicyclic) bond motifs is 2. The molecule has 4 aromatic rings. The molecule has 1 atom stereocenters. The van der Waals surface area contributed by atoms with Crippen molar-refractivity contribution in [1.29, 1.82) is 0 Å². The minimum absolute atomic E-state index is 0.108. The fourth-order valence-corrected chi connectivity index (χ4v) is 4.90. The van der Waals surface area contributed by atoms with E-state index < -0.39 is 24.3 Å². The molecule has 0 saturated carbocycles. The molecule has 51 heavy (non-hydrogen) atoms. The lowest BCUT2D eigenvalue weighted by Gasteiger charge is -2.26. The zero-order valence-corrected chi connectivity index (χ0v) is 26.3. The number of nitrogens with zero attached hydrogens (tertiary/aromatic N) is 3. The van der Waals surface area contributed by atoms with E-state index in [1.165, 1.54) is 0 Å². The van der Waals surface area contributed by atoms with Crippen LogP contribution < -0.4 is 15.6 Å². The third kappa shape index (κ3) is 10.7. The number of aromatic amines is 2. The zero-order chi connectivity index (χ0) is 37.3. The lowest BCUT2D eigenvalue weighted by Crippen LogP contribution is -2.41. The Morgan fingerprint density at radius 3 is 2.24 bits per heavy atom. The Morgan fingerprint density at radius 2 is 1.63 bits per heavy atom. The summed E-state index contributed by atoms with van der Waals surface area (Å²) in [5.74, 6) is -4.41. The average Bonchev–Trinajstić information content (AvgIpc) is 3.63. The van der Waals surface area contributed by atoms with E-state index >= 15 is 0 Å². The van der Waals surface area contributed by atoms with Crippen molar-refractivity contribution in [3.8, 4) is 16.9 Å². The summed E-state index contributed by atoms with van der Waals surface area (Å²) in [6, 6.07) is 11.1. The van der Waals surface area contributed by atoms with Gasteiger partial charge < -0.3 is 30.0 Å². The minimum atomic E-state index is -5.08. The molecule has 0 aliphatic carbocycles. The van der Waals surface area contributed by atoms with Crippen molar-refractivity contribution in [3.63, 3.8) is 0 Å². The van der Waals surface area contributed by atoms with E-state index in [1.807, 2.05) is 30.3 Å². The Hall–Kier alpha value is -5.50. The van der Waals surface area contributed by atoms with E-state index in [9.17, 15) is 35.9 Å². The number of aliphatic carboxylic acids is 2. The van der Waals surface area contributed by atoms with Crippen molar-refractivity contribution in [1.82, 2.24) is 30.4 Å². The highest BCUT2D eigenvalue weighted by Crippen LogP contribution is 2.32. The molecule has 2 aromatic carbocycles. The Kier molecular flexibility index (Phi) is 12.4. The van der Waals surface area contributed by atoms with Gasteiger partial charge in [-0.2, -0.15) is 31.4 Å². The number of carboxylic acid groups (broad SMARTS) is 2. The first-order valence-electron chi connectivity index (χ1n) is 15.0. The molecule has 0 spiro atoms. The second-order valence-corrected chi connectivity index (χ2v) is 11.0. The Morgan fingerprint density at radius 1 is 0.961 bits per heavy atom. The summed E-state index contributed by atoms with van der Waals surface area (Å²) in [5.41, 5.74) is 3.76. The number of aromatic nitrogens is 4. The first-order valence-corrected chi connectivity index (χ1v) is 15.0. The van der Waals surface area contributed by atoms with Gasteiger partial charge in [0.25, 0.3) is 11.5 Å². The summed E-state index contributed by atoms with van der Waals surface area (Å²) >= 11 is 0. The number of morpholine rings is 1. The van der Waals surface area contributed by atoms with Crippen LogP contribution in [0.4, 0.5) is 26.3 Å². The number of amides is 1. The standard InChI is InChI=1S/C27H28N6O4.2C2HF3O2/c34-26(28-5-6-33-7-9-36-10-8-33)18-2-4-24-19(11-18)12-20(16-37-24)25-31-23-3-1-17(21-14-29-30-15-21)13-22(23)27(35)32-25;2*3-2(4,5)1(6)7/h1-4,11,13-15,20H,5-10,12,16H2,(H,28,34)(H,29,30)(H,31,32,35);2*(H,6,7). The lowest BCUT2D eigenvalue weighted by atomic mass is 9.94. The number of rotatable bonds is 6. The predicted octanol–water partition coefficient (Wildman–Crippen LogP) is 3.36. The van der Waals surface area contributed by atoms with E-state index in [1.54, 1.807) is 18.5 Å². The Bertz CT molecular complexity index is 1870. The molecule has 2 aliphatic heterocycles. The summed E-state index contributed by atoms with van der Waals surface area (Å²) in [4.78, 5) is 53.5. The van der Waals surface area contributed by atoms with Crippen LogP contribution in [-0.2, 0) is 20.7 Å². The van der Waals surface area contributed by atoms with E-state index in [-0.39, 0.29) is 17.4 Å². The Balaban J connectivity index is 0.000000353. The van der Waals surface area contributed by atoms with E-state index in [2.05, 4.69) is 25.4 Å². The highest BCUT2D eigenvalue weighted by molar-refractivity contribution is 5.94. The molecule has 1 amide bonds. The van der Waals surface area contributed by atoms with Gasteiger partial charge >= 0.3 is 24.3 Å². The number of hydrogen-bond donors (Lipinski definition) is 5. The van der Waals surface area contributed by atoms with Crippen LogP contribution in [-0.4, -0.2) is 111 Å². The molecule has 0 radical (unpaired) electrons. The normalized spacial score (nSPS) is 16.0. The fourth-order valence-electron chi connectivity index (χ4n) is 4.90. The van der Waals surface area contributed by atoms with E-state index in [4.69, 9.17) is 34.3 Å². The number of benzene rings is 2. The van der Waals surface area contributed by atoms with Crippen LogP contribution in [0.2, 0.25) is 0 Å². The number of nitrogens with one attached hydrogen (secondary N) is 3. The highest BCUT2D eigenvalue weighted by Gasteiger charge is 2.39. The van der Waals surface area contributed by atoms with Gasteiger partial charge in [-0.3, -0.25) is 19.6 Å². The summed E-state index contributed by atoms with van der Waals surface area (Å²) in [5, 5.41) is 24.5. The number of ether oxygens (including phenoxy) is 2. The first-order chi connectivity index (χ1) is 24.0. The van der Waals surface area contributed by atoms with Gasteiger partial charge in [0, 0.05) is 43.5 Å². The maximum atomic E-state index is 12.9. The van der Waals surface area contributed by atoms with Gasteiger partial charge in [-0.1, -0.05) is 6.07 Å². The molecule has 6 rings (SSSR count). The topological polar surface area (TPSA) is 200 Å². The number of carbonyl (C=O) groups excluding carboxylic acids is 1. The SMILES string of the molecule is O=C(NCCN1CCOCC1)c1ccc2c(c1)CC(c1nc3ccc(-c4cn[nH]c4)cc3c(=O)[nH]1)CO2.O=C(O)C(F)(F)F.O=C(O)C(F)(F)F. The van der Waals surface area contributed by atoms with Gasteiger partial charge in [-0.25, -0.2) is 14.6 Å². The molecule has 5 N–H and O–H groups in total. The van der Waals surface area contributed by atoms with Crippen LogP contribution in [0.1, 0.15) is 27.7 Å². The predicted molar refractivity (Wildman–Crippen MR) is 165 cm³/mol. The van der Waals surface area contributed by atoms with Gasteiger partial charge in [-0.05, 0) is 47.9 Å².